The van der Waals surface area contributed by atoms with Gasteiger partial charge in [-0.1, -0.05) is 19.9 Å². The smallest absolute Gasteiger partial charge is 0.223 e. The third kappa shape index (κ3) is 3.35. The summed E-state index contributed by atoms with van der Waals surface area (Å²) in [5.41, 5.74) is 0. The van der Waals surface area contributed by atoms with Crippen molar-refractivity contribution < 1.29 is 4.79 Å². The van der Waals surface area contributed by atoms with E-state index in [0.717, 1.165) is 31.5 Å². The number of nitrogens with zero attached hydrogens (tertiary/aromatic N) is 2. The zero-order valence-electron chi connectivity index (χ0n) is 11.8. The Kier molecular flexibility index (Phi) is 4.44. The van der Waals surface area contributed by atoms with E-state index < -0.39 is 0 Å². The Hall–Kier alpha value is -0.830. The van der Waals surface area contributed by atoms with E-state index in [4.69, 9.17) is 0 Å². The molecule has 2 saturated heterocycles. The minimum atomic E-state index is 0.304. The summed E-state index contributed by atoms with van der Waals surface area (Å²) in [6.45, 7) is 13.6. The summed E-state index contributed by atoms with van der Waals surface area (Å²) in [5.74, 6) is 2.27. The number of likely N-dealkylation sites (tertiary alicyclic amines) is 2. The lowest BCUT2D eigenvalue weighted by Crippen LogP contribution is -2.43. The van der Waals surface area contributed by atoms with Crippen LogP contribution in [0.2, 0.25) is 0 Å². The quantitative estimate of drug-likeness (QED) is 0.713. The average molecular weight is 250 g/mol. The molecule has 3 heteroatoms. The maximum atomic E-state index is 11.8. The largest absolute Gasteiger partial charge is 0.341 e. The van der Waals surface area contributed by atoms with Crippen molar-refractivity contribution in [2.45, 2.75) is 26.7 Å². The van der Waals surface area contributed by atoms with Crippen molar-refractivity contribution in [2.24, 2.45) is 17.8 Å². The van der Waals surface area contributed by atoms with Gasteiger partial charge in [-0.05, 0) is 18.3 Å². The summed E-state index contributed by atoms with van der Waals surface area (Å²) in [4.78, 5) is 16.3. The van der Waals surface area contributed by atoms with Crippen LogP contribution < -0.4 is 0 Å². The van der Waals surface area contributed by atoms with Gasteiger partial charge in [-0.25, -0.2) is 0 Å². The van der Waals surface area contributed by atoms with E-state index in [9.17, 15) is 4.79 Å². The minimum Gasteiger partial charge on any atom is -0.341 e. The SMILES string of the molecule is C=CC1CC(=O)N(CCN2CC(C)CC(C)C2)C1. The number of carbonyl (C=O) groups is 1. The molecule has 2 aliphatic heterocycles. The Bertz CT molecular complexity index is 306. The van der Waals surface area contributed by atoms with Crippen molar-refractivity contribution >= 4 is 5.91 Å². The number of rotatable bonds is 4. The van der Waals surface area contributed by atoms with Gasteiger partial charge in [-0.3, -0.25) is 4.79 Å². The normalized spacial score (nSPS) is 34.0. The molecular weight excluding hydrogens is 224 g/mol. The van der Waals surface area contributed by atoms with Crippen LogP contribution in [0.15, 0.2) is 12.7 Å². The Morgan fingerprint density at radius 2 is 1.89 bits per heavy atom. The molecule has 0 aromatic rings. The molecule has 0 aromatic heterocycles. The maximum Gasteiger partial charge on any atom is 0.223 e. The molecule has 0 aliphatic carbocycles. The molecular formula is C15H26N2O. The van der Waals surface area contributed by atoms with Gasteiger partial charge in [0, 0.05) is 45.1 Å². The lowest BCUT2D eigenvalue weighted by atomic mass is 9.92. The molecule has 0 saturated carbocycles. The van der Waals surface area contributed by atoms with Gasteiger partial charge in [-0.2, -0.15) is 0 Å². The molecule has 0 bridgehead atoms. The lowest BCUT2D eigenvalue weighted by molar-refractivity contribution is -0.127. The fourth-order valence-electron chi connectivity index (χ4n) is 3.41. The molecule has 0 N–H and O–H groups in total. The average Bonchev–Trinajstić information content (AvgIpc) is 2.66. The highest BCUT2D eigenvalue weighted by Gasteiger charge is 2.28. The van der Waals surface area contributed by atoms with E-state index in [2.05, 4.69) is 25.3 Å². The first kappa shape index (κ1) is 13.6. The second-order valence-electron chi connectivity index (χ2n) is 6.25. The fraction of sp³-hybridized carbons (Fsp3) is 0.800. The molecule has 3 nitrogen and oxygen atoms in total. The van der Waals surface area contributed by atoms with Crippen LogP contribution in [0, 0.1) is 17.8 Å². The van der Waals surface area contributed by atoms with Crippen molar-refractivity contribution in [1.82, 2.24) is 9.80 Å². The van der Waals surface area contributed by atoms with Crippen molar-refractivity contribution in [3.05, 3.63) is 12.7 Å². The molecule has 18 heavy (non-hydrogen) atoms. The van der Waals surface area contributed by atoms with Crippen LogP contribution >= 0.6 is 0 Å². The van der Waals surface area contributed by atoms with Gasteiger partial charge in [0.25, 0.3) is 0 Å². The molecule has 102 valence electrons. The summed E-state index contributed by atoms with van der Waals surface area (Å²) >= 11 is 0. The standard InChI is InChI=1S/C15H26N2O/c1-4-14-8-15(18)17(11-14)6-5-16-9-12(2)7-13(3)10-16/h4,12-14H,1,5-11H2,2-3H3. The van der Waals surface area contributed by atoms with Gasteiger partial charge in [0.2, 0.25) is 5.91 Å². The monoisotopic (exact) mass is 250 g/mol. The third-order valence-electron chi connectivity index (χ3n) is 4.21. The van der Waals surface area contributed by atoms with Gasteiger partial charge >= 0.3 is 0 Å². The van der Waals surface area contributed by atoms with Crippen molar-refractivity contribution in [2.75, 3.05) is 32.7 Å². The zero-order valence-corrected chi connectivity index (χ0v) is 11.8. The number of hydrogen-bond acceptors (Lipinski definition) is 2. The van der Waals surface area contributed by atoms with E-state index in [-0.39, 0.29) is 0 Å². The fourth-order valence-corrected chi connectivity index (χ4v) is 3.41. The Morgan fingerprint density at radius 1 is 1.22 bits per heavy atom. The zero-order chi connectivity index (χ0) is 13.1. The highest BCUT2D eigenvalue weighted by atomic mass is 16.2. The van der Waals surface area contributed by atoms with Crippen LogP contribution in [-0.4, -0.2) is 48.4 Å². The summed E-state index contributed by atoms with van der Waals surface area (Å²) in [6, 6.07) is 0. The molecule has 3 unspecified atom stereocenters. The first-order valence-electron chi connectivity index (χ1n) is 7.21. The first-order valence-corrected chi connectivity index (χ1v) is 7.21. The lowest BCUT2D eigenvalue weighted by Gasteiger charge is -2.35. The highest BCUT2D eigenvalue weighted by molar-refractivity contribution is 5.78. The minimum absolute atomic E-state index is 0.304. The van der Waals surface area contributed by atoms with Gasteiger partial charge in [0.05, 0.1) is 0 Å². The molecule has 0 radical (unpaired) electrons. The van der Waals surface area contributed by atoms with Crippen LogP contribution in [0.5, 0.6) is 0 Å². The second kappa shape index (κ2) is 5.87. The Balaban J connectivity index is 1.77. The number of amides is 1. The predicted octanol–water partition coefficient (Wildman–Crippen LogP) is 2.00. The number of carbonyl (C=O) groups excluding carboxylic acids is 1. The molecule has 2 fully saturated rings. The van der Waals surface area contributed by atoms with Gasteiger partial charge in [-0.15, -0.1) is 6.58 Å². The second-order valence-corrected chi connectivity index (χ2v) is 6.25. The molecule has 2 aliphatic rings. The van der Waals surface area contributed by atoms with Crippen molar-refractivity contribution in [1.29, 1.82) is 0 Å². The molecule has 0 aromatic carbocycles. The van der Waals surface area contributed by atoms with Crippen LogP contribution in [0.25, 0.3) is 0 Å². The Morgan fingerprint density at radius 3 is 2.44 bits per heavy atom. The van der Waals surface area contributed by atoms with E-state index >= 15 is 0 Å². The summed E-state index contributed by atoms with van der Waals surface area (Å²) < 4.78 is 0. The van der Waals surface area contributed by atoms with Crippen LogP contribution in [-0.2, 0) is 4.79 Å². The van der Waals surface area contributed by atoms with Crippen molar-refractivity contribution in [3.8, 4) is 0 Å². The Labute approximate surface area is 111 Å². The van der Waals surface area contributed by atoms with E-state index in [1.54, 1.807) is 0 Å². The van der Waals surface area contributed by atoms with Gasteiger partial charge in [0.1, 0.15) is 0 Å². The topological polar surface area (TPSA) is 23.6 Å². The molecule has 0 spiro atoms. The summed E-state index contributed by atoms with van der Waals surface area (Å²) in [6.07, 6.45) is 3.93. The van der Waals surface area contributed by atoms with Crippen LogP contribution in [0.4, 0.5) is 0 Å². The summed E-state index contributed by atoms with van der Waals surface area (Å²) in [7, 11) is 0. The van der Waals surface area contributed by atoms with Crippen LogP contribution in [0.3, 0.4) is 0 Å². The van der Waals surface area contributed by atoms with E-state index in [1.807, 2.05) is 11.0 Å². The molecule has 2 rings (SSSR count). The third-order valence-corrected chi connectivity index (χ3v) is 4.21. The van der Waals surface area contributed by atoms with E-state index in [1.165, 1.54) is 19.5 Å². The number of hydrogen-bond donors (Lipinski definition) is 0. The predicted molar refractivity (Wildman–Crippen MR) is 74.3 cm³/mol. The van der Waals surface area contributed by atoms with E-state index in [0.29, 0.717) is 18.2 Å². The van der Waals surface area contributed by atoms with Crippen LogP contribution in [0.1, 0.15) is 26.7 Å². The summed E-state index contributed by atoms with van der Waals surface area (Å²) in [5, 5.41) is 0. The molecule has 2 heterocycles. The maximum absolute atomic E-state index is 11.8. The molecule has 3 atom stereocenters. The van der Waals surface area contributed by atoms with Gasteiger partial charge in [0.15, 0.2) is 0 Å². The highest BCUT2D eigenvalue weighted by Crippen LogP contribution is 2.22. The molecule has 1 amide bonds. The number of piperidine rings is 1. The van der Waals surface area contributed by atoms with Crippen molar-refractivity contribution in [3.63, 3.8) is 0 Å². The van der Waals surface area contributed by atoms with Gasteiger partial charge < -0.3 is 9.80 Å². The first-order chi connectivity index (χ1) is 8.58.